The molecule has 8 nitrogen and oxygen atoms in total. The highest BCUT2D eigenvalue weighted by Crippen LogP contribution is 2.20. The quantitative estimate of drug-likeness (QED) is 0.695. The largest absolute Gasteiger partial charge is 0.478 e. The van der Waals surface area contributed by atoms with Crippen molar-refractivity contribution in [2.75, 3.05) is 6.61 Å². The lowest BCUT2D eigenvalue weighted by Gasteiger charge is -2.12. The van der Waals surface area contributed by atoms with Crippen LogP contribution in [0.4, 0.5) is 4.79 Å². The summed E-state index contributed by atoms with van der Waals surface area (Å²) < 4.78 is 28.7. The van der Waals surface area contributed by atoms with Crippen molar-refractivity contribution in [3.8, 4) is 0 Å². The van der Waals surface area contributed by atoms with Gasteiger partial charge in [0.2, 0.25) is 0 Å². The topological polar surface area (TPSA) is 122 Å². The molecule has 0 aliphatic rings. The van der Waals surface area contributed by atoms with E-state index in [0.717, 1.165) is 6.07 Å². The zero-order valence-corrected chi connectivity index (χ0v) is 12.6. The number of aryl methyl sites for hydroxylation is 1. The SMILES string of the molecule is CCOC(=O)NNS(=O)(=O)c1cc(C(=O)O)cc(C)c1C. The number of hydrogen-bond acceptors (Lipinski definition) is 5. The van der Waals surface area contributed by atoms with E-state index in [1.165, 1.54) is 6.07 Å². The molecule has 0 radical (unpaired) electrons. The predicted molar refractivity (Wildman–Crippen MR) is 73.4 cm³/mol. The summed E-state index contributed by atoms with van der Waals surface area (Å²) in [6.45, 7) is 4.79. The second-order valence-corrected chi connectivity index (χ2v) is 5.82. The van der Waals surface area contributed by atoms with Gasteiger partial charge in [-0.3, -0.25) is 0 Å². The van der Waals surface area contributed by atoms with Crippen LogP contribution in [-0.4, -0.2) is 32.2 Å². The Bertz CT molecular complexity index is 669. The number of ether oxygens (including phenoxy) is 1. The van der Waals surface area contributed by atoms with Crippen LogP contribution in [0.1, 0.15) is 28.4 Å². The van der Waals surface area contributed by atoms with Crippen LogP contribution in [0.25, 0.3) is 0 Å². The zero-order chi connectivity index (χ0) is 16.2. The van der Waals surface area contributed by atoms with E-state index in [0.29, 0.717) is 11.1 Å². The van der Waals surface area contributed by atoms with E-state index < -0.39 is 22.1 Å². The first-order chi connectivity index (χ1) is 9.69. The molecule has 0 aliphatic heterocycles. The molecule has 0 unspecified atom stereocenters. The summed E-state index contributed by atoms with van der Waals surface area (Å²) in [6, 6.07) is 2.40. The minimum absolute atomic E-state index is 0.0835. The zero-order valence-electron chi connectivity index (χ0n) is 11.8. The fourth-order valence-corrected chi connectivity index (χ4v) is 2.73. The Morgan fingerprint density at radius 3 is 2.43 bits per heavy atom. The van der Waals surface area contributed by atoms with Gasteiger partial charge in [0.1, 0.15) is 0 Å². The molecular formula is C12H16N2O6S. The number of sulfonamides is 1. The van der Waals surface area contributed by atoms with Crippen LogP contribution >= 0.6 is 0 Å². The Morgan fingerprint density at radius 1 is 1.29 bits per heavy atom. The van der Waals surface area contributed by atoms with Gasteiger partial charge >= 0.3 is 12.1 Å². The van der Waals surface area contributed by atoms with E-state index in [-0.39, 0.29) is 17.1 Å². The smallest absolute Gasteiger partial charge is 0.422 e. The van der Waals surface area contributed by atoms with Crippen LogP contribution in [0, 0.1) is 13.8 Å². The molecule has 1 rings (SSSR count). The maximum atomic E-state index is 12.1. The number of hydrogen-bond donors (Lipinski definition) is 3. The van der Waals surface area contributed by atoms with E-state index >= 15 is 0 Å². The maximum Gasteiger partial charge on any atom is 0.422 e. The third kappa shape index (κ3) is 4.17. The van der Waals surface area contributed by atoms with Gasteiger partial charge in [-0.15, -0.1) is 4.83 Å². The van der Waals surface area contributed by atoms with E-state index in [9.17, 15) is 18.0 Å². The van der Waals surface area contributed by atoms with E-state index in [1.54, 1.807) is 20.8 Å². The van der Waals surface area contributed by atoms with Gasteiger partial charge in [-0.25, -0.2) is 23.4 Å². The summed E-state index contributed by atoms with van der Waals surface area (Å²) in [6.07, 6.45) is -0.954. The molecule has 1 amide bonds. The molecule has 0 atom stereocenters. The van der Waals surface area contributed by atoms with E-state index in [4.69, 9.17) is 5.11 Å². The first-order valence-electron chi connectivity index (χ1n) is 5.98. The lowest BCUT2D eigenvalue weighted by atomic mass is 10.1. The monoisotopic (exact) mass is 316 g/mol. The number of rotatable bonds is 5. The third-order valence-corrected chi connectivity index (χ3v) is 4.09. The molecule has 3 N–H and O–H groups in total. The number of nitrogens with one attached hydrogen (secondary N) is 2. The summed E-state index contributed by atoms with van der Waals surface area (Å²) in [4.78, 5) is 23.7. The second kappa shape index (κ2) is 6.55. The Kier molecular flexibility index (Phi) is 5.28. The van der Waals surface area contributed by atoms with Gasteiger partial charge in [-0.2, -0.15) is 0 Å². The molecule has 0 saturated heterocycles. The first kappa shape index (κ1) is 16.9. The van der Waals surface area contributed by atoms with Crippen LogP contribution in [-0.2, 0) is 14.8 Å². The highest BCUT2D eigenvalue weighted by molar-refractivity contribution is 7.89. The highest BCUT2D eigenvalue weighted by atomic mass is 32.2. The summed E-state index contributed by atoms with van der Waals surface area (Å²) in [5.74, 6) is -1.24. The molecule has 0 saturated carbocycles. The van der Waals surface area contributed by atoms with Gasteiger partial charge in [-0.1, -0.05) is 0 Å². The number of benzene rings is 1. The van der Waals surface area contributed by atoms with Crippen LogP contribution in [0.3, 0.4) is 0 Å². The maximum absolute atomic E-state index is 12.1. The highest BCUT2D eigenvalue weighted by Gasteiger charge is 2.21. The number of carboxylic acids is 1. The van der Waals surface area contributed by atoms with Gasteiger partial charge in [0.25, 0.3) is 10.0 Å². The van der Waals surface area contributed by atoms with Crippen LogP contribution < -0.4 is 10.3 Å². The number of carbonyl (C=O) groups is 2. The fraction of sp³-hybridized carbons (Fsp3) is 0.333. The van der Waals surface area contributed by atoms with Crippen molar-refractivity contribution in [3.05, 3.63) is 28.8 Å². The summed E-state index contributed by atoms with van der Waals surface area (Å²) in [5.41, 5.74) is 2.61. The predicted octanol–water partition coefficient (Wildman–Crippen LogP) is 0.941. The van der Waals surface area contributed by atoms with Crippen molar-refractivity contribution < 1.29 is 27.9 Å². The van der Waals surface area contributed by atoms with Crippen molar-refractivity contribution >= 4 is 22.1 Å². The molecule has 0 aliphatic carbocycles. The Balaban J connectivity index is 3.13. The van der Waals surface area contributed by atoms with Gasteiger partial charge in [0, 0.05) is 0 Å². The van der Waals surface area contributed by atoms with Crippen molar-refractivity contribution in [2.24, 2.45) is 0 Å². The van der Waals surface area contributed by atoms with Crippen molar-refractivity contribution in [1.29, 1.82) is 0 Å². The molecule has 0 bridgehead atoms. The minimum Gasteiger partial charge on any atom is -0.478 e. The molecule has 21 heavy (non-hydrogen) atoms. The van der Waals surface area contributed by atoms with E-state index in [1.807, 2.05) is 10.3 Å². The summed E-state index contributed by atoms with van der Waals surface area (Å²) in [5, 5.41) is 8.97. The first-order valence-corrected chi connectivity index (χ1v) is 7.46. The van der Waals surface area contributed by atoms with E-state index in [2.05, 4.69) is 4.74 Å². The van der Waals surface area contributed by atoms with Gasteiger partial charge in [-0.05, 0) is 44.0 Å². The average Bonchev–Trinajstić information content (AvgIpc) is 2.39. The normalized spacial score (nSPS) is 11.0. The lowest BCUT2D eigenvalue weighted by Crippen LogP contribution is -2.42. The molecule has 0 fully saturated rings. The average molecular weight is 316 g/mol. The fourth-order valence-electron chi connectivity index (χ4n) is 1.56. The molecule has 116 valence electrons. The molecule has 0 spiro atoms. The van der Waals surface area contributed by atoms with Crippen LogP contribution in [0.2, 0.25) is 0 Å². The number of amides is 1. The van der Waals surface area contributed by atoms with Crippen molar-refractivity contribution in [2.45, 2.75) is 25.7 Å². The Hall–Kier alpha value is -2.13. The van der Waals surface area contributed by atoms with Gasteiger partial charge in [0.05, 0.1) is 17.1 Å². The van der Waals surface area contributed by atoms with Crippen molar-refractivity contribution in [3.63, 3.8) is 0 Å². The molecule has 0 heterocycles. The summed E-state index contributed by atoms with van der Waals surface area (Å²) in [7, 11) is -4.11. The minimum atomic E-state index is -4.11. The number of aromatic carboxylic acids is 1. The number of hydrazine groups is 1. The third-order valence-electron chi connectivity index (χ3n) is 2.72. The molecular weight excluding hydrogens is 300 g/mol. The molecule has 1 aromatic rings. The lowest BCUT2D eigenvalue weighted by molar-refractivity contribution is 0.0696. The molecule has 9 heteroatoms. The molecule has 0 aromatic heterocycles. The Labute approximate surface area is 122 Å². The van der Waals surface area contributed by atoms with Crippen LogP contribution in [0.5, 0.6) is 0 Å². The van der Waals surface area contributed by atoms with Crippen molar-refractivity contribution in [1.82, 2.24) is 10.3 Å². The molecule has 1 aromatic carbocycles. The summed E-state index contributed by atoms with van der Waals surface area (Å²) >= 11 is 0. The second-order valence-electron chi connectivity index (χ2n) is 4.17. The van der Waals surface area contributed by atoms with Gasteiger partial charge < -0.3 is 9.84 Å². The Morgan fingerprint density at radius 2 is 1.90 bits per heavy atom. The number of carbonyl (C=O) groups excluding carboxylic acids is 1. The van der Waals surface area contributed by atoms with Crippen LogP contribution in [0.15, 0.2) is 17.0 Å². The van der Waals surface area contributed by atoms with Gasteiger partial charge in [0.15, 0.2) is 0 Å². The standard InChI is InChI=1S/C12H16N2O6S/c1-4-20-12(17)13-14-21(18,19)10-6-9(11(15)16)5-7(2)8(10)3/h5-6,14H,4H2,1-3H3,(H,13,17)(H,15,16). The number of carboxylic acid groups (broad SMARTS) is 1.